The van der Waals surface area contributed by atoms with E-state index in [1.165, 1.54) is 19.3 Å². The van der Waals surface area contributed by atoms with E-state index in [2.05, 4.69) is 6.92 Å². The number of benzene rings is 1. The number of rotatable bonds is 4. The number of carboxylic acids is 1. The van der Waals surface area contributed by atoms with Crippen LogP contribution in [0.5, 0.6) is 0 Å². The highest BCUT2D eigenvalue weighted by Gasteiger charge is 2.27. The van der Waals surface area contributed by atoms with Crippen molar-refractivity contribution in [2.45, 2.75) is 38.5 Å². The standard InChI is InChI=1S/C17H19NO2S/c1-11-7-8-13(9-11)17-18-16(12-5-3-2-4-6-12)14(21-17)10-15(19)20/h2-6,11,13H,7-10H2,1H3,(H,19,20). The molecule has 3 rings (SSSR count). The van der Waals surface area contributed by atoms with Crippen LogP contribution in [0.1, 0.15) is 42.0 Å². The number of carbonyl (C=O) groups is 1. The number of hydrogen-bond acceptors (Lipinski definition) is 3. The Morgan fingerprint density at radius 1 is 1.33 bits per heavy atom. The minimum atomic E-state index is -0.790. The maximum atomic E-state index is 11.1. The highest BCUT2D eigenvalue weighted by molar-refractivity contribution is 7.12. The highest BCUT2D eigenvalue weighted by Crippen LogP contribution is 2.41. The van der Waals surface area contributed by atoms with Crippen molar-refractivity contribution >= 4 is 17.3 Å². The molecule has 0 amide bonds. The van der Waals surface area contributed by atoms with E-state index >= 15 is 0 Å². The summed E-state index contributed by atoms with van der Waals surface area (Å²) in [4.78, 5) is 16.8. The van der Waals surface area contributed by atoms with Gasteiger partial charge in [-0.3, -0.25) is 4.79 Å². The van der Waals surface area contributed by atoms with E-state index in [-0.39, 0.29) is 6.42 Å². The Labute approximate surface area is 128 Å². The first kappa shape index (κ1) is 14.3. The summed E-state index contributed by atoms with van der Waals surface area (Å²) in [6, 6.07) is 9.91. The third kappa shape index (κ3) is 3.16. The van der Waals surface area contributed by atoms with E-state index < -0.39 is 5.97 Å². The van der Waals surface area contributed by atoms with Crippen LogP contribution in [-0.2, 0) is 11.2 Å². The molecule has 110 valence electrons. The molecule has 2 atom stereocenters. The maximum Gasteiger partial charge on any atom is 0.308 e. The van der Waals surface area contributed by atoms with Gasteiger partial charge < -0.3 is 5.11 Å². The van der Waals surface area contributed by atoms with E-state index in [1.54, 1.807) is 11.3 Å². The molecule has 1 N–H and O–H groups in total. The monoisotopic (exact) mass is 301 g/mol. The SMILES string of the molecule is CC1CCC(c2nc(-c3ccccc3)c(CC(=O)O)s2)C1. The van der Waals surface area contributed by atoms with Gasteiger partial charge in [0, 0.05) is 16.4 Å². The molecule has 0 saturated heterocycles. The molecule has 2 unspecified atom stereocenters. The van der Waals surface area contributed by atoms with E-state index in [0.29, 0.717) is 5.92 Å². The van der Waals surface area contributed by atoms with E-state index in [0.717, 1.165) is 27.1 Å². The zero-order valence-corrected chi connectivity index (χ0v) is 12.9. The third-order valence-electron chi connectivity index (χ3n) is 4.12. The fourth-order valence-electron chi connectivity index (χ4n) is 3.05. The van der Waals surface area contributed by atoms with E-state index in [1.807, 2.05) is 30.3 Å². The molecule has 4 heteroatoms. The van der Waals surface area contributed by atoms with E-state index in [9.17, 15) is 4.79 Å². The van der Waals surface area contributed by atoms with Crippen molar-refractivity contribution in [3.05, 3.63) is 40.2 Å². The zero-order chi connectivity index (χ0) is 14.8. The first-order valence-electron chi connectivity index (χ1n) is 7.40. The first-order chi connectivity index (χ1) is 10.1. The minimum absolute atomic E-state index is 0.0597. The van der Waals surface area contributed by atoms with Gasteiger partial charge in [-0.15, -0.1) is 11.3 Å². The quantitative estimate of drug-likeness (QED) is 0.914. The van der Waals surface area contributed by atoms with Crippen LogP contribution in [0.25, 0.3) is 11.3 Å². The number of aliphatic carboxylic acids is 1. The lowest BCUT2D eigenvalue weighted by Crippen LogP contribution is -1.99. The van der Waals surface area contributed by atoms with Crippen molar-refractivity contribution in [3.63, 3.8) is 0 Å². The average molecular weight is 301 g/mol. The average Bonchev–Trinajstić information content (AvgIpc) is 3.06. The van der Waals surface area contributed by atoms with Gasteiger partial charge in [-0.2, -0.15) is 0 Å². The van der Waals surface area contributed by atoms with Gasteiger partial charge in [0.05, 0.1) is 17.1 Å². The summed E-state index contributed by atoms with van der Waals surface area (Å²) in [5.41, 5.74) is 1.87. The number of hydrogen-bond donors (Lipinski definition) is 1. The largest absolute Gasteiger partial charge is 0.481 e. The summed E-state index contributed by atoms with van der Waals surface area (Å²) in [6.07, 6.45) is 3.66. The molecule has 1 fully saturated rings. The van der Waals surface area contributed by atoms with Gasteiger partial charge in [-0.05, 0) is 18.8 Å². The number of nitrogens with zero attached hydrogens (tertiary/aromatic N) is 1. The Balaban J connectivity index is 1.97. The van der Waals surface area contributed by atoms with Crippen molar-refractivity contribution in [2.75, 3.05) is 0 Å². The van der Waals surface area contributed by atoms with Gasteiger partial charge in [0.25, 0.3) is 0 Å². The summed E-state index contributed by atoms with van der Waals surface area (Å²) in [5, 5.41) is 10.3. The molecular weight excluding hydrogens is 282 g/mol. The Bertz CT molecular complexity index is 635. The topological polar surface area (TPSA) is 50.2 Å². The first-order valence-corrected chi connectivity index (χ1v) is 8.22. The van der Waals surface area contributed by atoms with Crippen molar-refractivity contribution < 1.29 is 9.90 Å². The second-order valence-corrected chi connectivity index (χ2v) is 6.99. The fourth-order valence-corrected chi connectivity index (χ4v) is 4.28. The second kappa shape index (κ2) is 5.98. The van der Waals surface area contributed by atoms with Crippen molar-refractivity contribution in [2.24, 2.45) is 5.92 Å². The zero-order valence-electron chi connectivity index (χ0n) is 12.1. The summed E-state index contributed by atoms with van der Waals surface area (Å²) in [5.74, 6) is 0.471. The lowest BCUT2D eigenvalue weighted by molar-refractivity contribution is -0.136. The molecule has 3 nitrogen and oxygen atoms in total. The van der Waals surface area contributed by atoms with E-state index in [4.69, 9.17) is 10.1 Å². The van der Waals surface area contributed by atoms with Gasteiger partial charge in [0.15, 0.2) is 0 Å². The number of aromatic nitrogens is 1. The van der Waals surface area contributed by atoms with Crippen molar-refractivity contribution in [1.29, 1.82) is 0 Å². The molecule has 0 bridgehead atoms. The van der Waals surface area contributed by atoms with Gasteiger partial charge in [-0.25, -0.2) is 4.98 Å². The molecule has 1 aliphatic carbocycles. The number of thiazole rings is 1. The van der Waals surface area contributed by atoms with Gasteiger partial charge in [0.2, 0.25) is 0 Å². The van der Waals surface area contributed by atoms with Gasteiger partial charge in [-0.1, -0.05) is 43.7 Å². The molecule has 1 heterocycles. The van der Waals surface area contributed by atoms with Crippen LogP contribution in [0, 0.1) is 5.92 Å². The summed E-state index contributed by atoms with van der Waals surface area (Å²) >= 11 is 1.59. The molecule has 21 heavy (non-hydrogen) atoms. The Morgan fingerprint density at radius 2 is 2.10 bits per heavy atom. The molecule has 2 aromatic rings. The van der Waals surface area contributed by atoms with Crippen LogP contribution in [0.2, 0.25) is 0 Å². The predicted octanol–water partition coefficient (Wildman–Crippen LogP) is 4.34. The summed E-state index contributed by atoms with van der Waals surface area (Å²) < 4.78 is 0. The number of carboxylic acid groups (broad SMARTS) is 1. The summed E-state index contributed by atoms with van der Waals surface area (Å²) in [7, 11) is 0. The third-order valence-corrected chi connectivity index (χ3v) is 5.33. The molecule has 0 aliphatic heterocycles. The molecule has 0 spiro atoms. The lowest BCUT2D eigenvalue weighted by atomic mass is 10.1. The molecule has 1 aromatic heterocycles. The molecular formula is C17H19NO2S. The minimum Gasteiger partial charge on any atom is -0.481 e. The van der Waals surface area contributed by atoms with Crippen LogP contribution in [0.4, 0.5) is 0 Å². The van der Waals surface area contributed by atoms with Gasteiger partial charge in [0.1, 0.15) is 0 Å². The van der Waals surface area contributed by atoms with Crippen LogP contribution >= 0.6 is 11.3 Å². The fraction of sp³-hybridized carbons (Fsp3) is 0.412. The predicted molar refractivity (Wildman–Crippen MR) is 84.6 cm³/mol. The van der Waals surface area contributed by atoms with Crippen LogP contribution in [0.15, 0.2) is 30.3 Å². The lowest BCUT2D eigenvalue weighted by Gasteiger charge is -2.04. The molecule has 1 aliphatic rings. The maximum absolute atomic E-state index is 11.1. The van der Waals surface area contributed by atoms with Crippen molar-refractivity contribution in [1.82, 2.24) is 4.98 Å². The van der Waals surface area contributed by atoms with Crippen LogP contribution in [-0.4, -0.2) is 16.1 Å². The van der Waals surface area contributed by atoms with Crippen LogP contribution < -0.4 is 0 Å². The molecule has 1 saturated carbocycles. The normalized spacial score (nSPS) is 21.6. The Hall–Kier alpha value is -1.68. The highest BCUT2D eigenvalue weighted by atomic mass is 32.1. The van der Waals surface area contributed by atoms with Crippen molar-refractivity contribution in [3.8, 4) is 11.3 Å². The van der Waals surface area contributed by atoms with Gasteiger partial charge >= 0.3 is 5.97 Å². The summed E-state index contributed by atoms with van der Waals surface area (Å²) in [6.45, 7) is 2.28. The Morgan fingerprint density at radius 3 is 2.71 bits per heavy atom. The molecule has 0 radical (unpaired) electrons. The Kier molecular flexibility index (Phi) is 4.06. The second-order valence-electron chi connectivity index (χ2n) is 5.88. The van der Waals surface area contributed by atoms with Crippen LogP contribution in [0.3, 0.4) is 0 Å². The smallest absolute Gasteiger partial charge is 0.308 e. The molecule has 1 aromatic carbocycles.